The average Bonchev–Trinajstić information content (AvgIpc) is 2.57. The highest BCUT2D eigenvalue weighted by Crippen LogP contribution is 2.13. The second kappa shape index (κ2) is 7.88. The Morgan fingerprint density at radius 3 is 2.88 bits per heavy atom. The first-order chi connectivity index (χ1) is 11.6. The lowest BCUT2D eigenvalue weighted by molar-refractivity contribution is 0.0363. The third-order valence-electron chi connectivity index (χ3n) is 4.44. The molecule has 130 valence electrons. The van der Waals surface area contributed by atoms with E-state index in [-0.39, 0.29) is 11.4 Å². The lowest BCUT2D eigenvalue weighted by atomic mass is 10.1. The Morgan fingerprint density at radius 2 is 2.08 bits per heavy atom. The number of hydrogen-bond acceptors (Lipinski definition) is 4. The largest absolute Gasteiger partial charge is 0.379 e. The van der Waals surface area contributed by atoms with Crippen molar-refractivity contribution in [3.05, 3.63) is 46.0 Å². The van der Waals surface area contributed by atoms with Crippen molar-refractivity contribution in [2.75, 3.05) is 46.4 Å². The first kappa shape index (κ1) is 17.1. The second-order valence-corrected chi connectivity index (χ2v) is 6.40. The molecule has 1 fully saturated rings. The smallest absolute Gasteiger partial charge is 0.252 e. The summed E-state index contributed by atoms with van der Waals surface area (Å²) >= 11 is 0. The second-order valence-electron chi connectivity index (χ2n) is 6.40. The normalized spacial score (nSPS) is 16.1. The van der Waals surface area contributed by atoms with E-state index in [1.807, 2.05) is 13.1 Å². The molecule has 1 N–H and O–H groups in total. The molecule has 1 saturated heterocycles. The van der Waals surface area contributed by atoms with Crippen LogP contribution in [0.3, 0.4) is 0 Å². The third kappa shape index (κ3) is 4.41. The third-order valence-corrected chi connectivity index (χ3v) is 4.44. The number of hydrogen-bond donors (Lipinski definition) is 1. The molecule has 1 aromatic carbocycles. The maximum Gasteiger partial charge on any atom is 0.252 e. The van der Waals surface area contributed by atoms with Crippen molar-refractivity contribution < 1.29 is 9.13 Å². The van der Waals surface area contributed by atoms with Crippen LogP contribution in [0.2, 0.25) is 0 Å². The Labute approximate surface area is 141 Å². The summed E-state index contributed by atoms with van der Waals surface area (Å²) < 4.78 is 18.6. The van der Waals surface area contributed by atoms with Crippen molar-refractivity contribution in [3.63, 3.8) is 0 Å². The number of benzene rings is 1. The van der Waals surface area contributed by atoms with E-state index < -0.39 is 0 Å². The van der Waals surface area contributed by atoms with E-state index in [9.17, 15) is 9.18 Å². The van der Waals surface area contributed by atoms with Gasteiger partial charge in [-0.2, -0.15) is 0 Å². The van der Waals surface area contributed by atoms with E-state index in [0.717, 1.165) is 51.2 Å². The van der Waals surface area contributed by atoms with Gasteiger partial charge in [0.15, 0.2) is 0 Å². The van der Waals surface area contributed by atoms with E-state index in [4.69, 9.17) is 4.74 Å². The van der Waals surface area contributed by atoms with Crippen LogP contribution in [-0.4, -0.2) is 61.2 Å². The first-order valence-electron chi connectivity index (χ1n) is 8.42. The lowest BCUT2D eigenvalue weighted by Gasteiger charge is -2.27. The molecule has 0 bridgehead atoms. The van der Waals surface area contributed by atoms with Gasteiger partial charge in [0.25, 0.3) is 5.56 Å². The summed E-state index contributed by atoms with van der Waals surface area (Å²) in [5.41, 5.74) is 1.11. The standard InChI is InChI=1S/C18H24FN3O2/c1-21(5-2-6-22-7-9-24-10-8-22)13-15-11-14-3-4-16(19)12-17(14)20-18(15)23/h3-4,11-12H,2,5-10,13H2,1H3,(H,20,23). The van der Waals surface area contributed by atoms with Crippen molar-refractivity contribution >= 4 is 10.9 Å². The Morgan fingerprint density at radius 1 is 1.29 bits per heavy atom. The molecule has 2 aromatic rings. The number of halogens is 1. The van der Waals surface area contributed by atoms with Crippen LogP contribution >= 0.6 is 0 Å². The van der Waals surface area contributed by atoms with Crippen LogP contribution in [0, 0.1) is 5.82 Å². The van der Waals surface area contributed by atoms with Gasteiger partial charge < -0.3 is 14.6 Å². The molecule has 0 atom stereocenters. The predicted molar refractivity (Wildman–Crippen MR) is 92.7 cm³/mol. The van der Waals surface area contributed by atoms with Gasteiger partial charge in [-0.15, -0.1) is 0 Å². The van der Waals surface area contributed by atoms with Crippen molar-refractivity contribution in [2.24, 2.45) is 0 Å². The molecule has 3 rings (SSSR count). The molecular weight excluding hydrogens is 309 g/mol. The molecule has 0 radical (unpaired) electrons. The quantitative estimate of drug-likeness (QED) is 0.876. The molecule has 24 heavy (non-hydrogen) atoms. The molecule has 6 heteroatoms. The van der Waals surface area contributed by atoms with Crippen molar-refractivity contribution in [2.45, 2.75) is 13.0 Å². The zero-order valence-electron chi connectivity index (χ0n) is 14.1. The highest BCUT2D eigenvalue weighted by molar-refractivity contribution is 5.78. The molecule has 1 aliphatic heterocycles. The minimum absolute atomic E-state index is 0.145. The number of fused-ring (bicyclic) bond motifs is 1. The fourth-order valence-corrected chi connectivity index (χ4v) is 3.09. The van der Waals surface area contributed by atoms with E-state index in [2.05, 4.69) is 14.8 Å². The lowest BCUT2D eigenvalue weighted by Crippen LogP contribution is -2.38. The van der Waals surface area contributed by atoms with Crippen LogP contribution in [0.5, 0.6) is 0 Å². The Balaban J connectivity index is 1.56. The number of H-pyrrole nitrogens is 1. The van der Waals surface area contributed by atoms with Gasteiger partial charge in [-0.05, 0) is 56.2 Å². The van der Waals surface area contributed by atoms with Gasteiger partial charge in [0.05, 0.1) is 18.7 Å². The molecule has 5 nitrogen and oxygen atoms in total. The number of rotatable bonds is 6. The maximum absolute atomic E-state index is 13.2. The first-order valence-corrected chi connectivity index (χ1v) is 8.42. The van der Waals surface area contributed by atoms with E-state index in [1.165, 1.54) is 12.1 Å². The Bertz CT molecular complexity index is 741. The van der Waals surface area contributed by atoms with Crippen LogP contribution in [0.25, 0.3) is 10.9 Å². The molecule has 0 aliphatic carbocycles. The zero-order valence-corrected chi connectivity index (χ0v) is 14.1. The van der Waals surface area contributed by atoms with Crippen LogP contribution in [0.15, 0.2) is 29.1 Å². The molecule has 0 amide bonds. The van der Waals surface area contributed by atoms with Gasteiger partial charge in [-0.3, -0.25) is 9.69 Å². The summed E-state index contributed by atoms with van der Waals surface area (Å²) in [7, 11) is 2.02. The van der Waals surface area contributed by atoms with Crippen LogP contribution in [-0.2, 0) is 11.3 Å². The van der Waals surface area contributed by atoms with Gasteiger partial charge in [-0.25, -0.2) is 4.39 Å². The number of aromatic amines is 1. The number of aromatic nitrogens is 1. The number of morpholine rings is 1. The van der Waals surface area contributed by atoms with E-state index in [1.54, 1.807) is 6.07 Å². The Kier molecular flexibility index (Phi) is 5.60. The SMILES string of the molecule is CN(CCCN1CCOCC1)Cc1cc2ccc(F)cc2[nH]c1=O. The minimum atomic E-state index is -0.342. The van der Waals surface area contributed by atoms with Crippen LogP contribution in [0.4, 0.5) is 4.39 Å². The summed E-state index contributed by atoms with van der Waals surface area (Å²) in [6.07, 6.45) is 1.06. The molecule has 1 aromatic heterocycles. The molecule has 0 saturated carbocycles. The van der Waals surface area contributed by atoms with Crippen LogP contribution in [0.1, 0.15) is 12.0 Å². The number of nitrogens with one attached hydrogen (secondary N) is 1. The van der Waals surface area contributed by atoms with Gasteiger partial charge in [0, 0.05) is 25.2 Å². The summed E-state index contributed by atoms with van der Waals surface area (Å²) in [6, 6.07) is 6.32. The fourth-order valence-electron chi connectivity index (χ4n) is 3.09. The van der Waals surface area contributed by atoms with Gasteiger partial charge >= 0.3 is 0 Å². The topological polar surface area (TPSA) is 48.6 Å². The number of pyridine rings is 1. The summed E-state index contributed by atoms with van der Waals surface area (Å²) in [5.74, 6) is -0.342. The molecule has 2 heterocycles. The molecule has 1 aliphatic rings. The molecular formula is C18H24FN3O2. The van der Waals surface area contributed by atoms with E-state index >= 15 is 0 Å². The fraction of sp³-hybridized carbons (Fsp3) is 0.500. The Hall–Kier alpha value is -1.76. The number of nitrogens with zero attached hydrogens (tertiary/aromatic N) is 2. The van der Waals surface area contributed by atoms with Gasteiger partial charge in [-0.1, -0.05) is 0 Å². The minimum Gasteiger partial charge on any atom is -0.379 e. The van der Waals surface area contributed by atoms with Crippen molar-refractivity contribution in [1.29, 1.82) is 0 Å². The monoisotopic (exact) mass is 333 g/mol. The van der Waals surface area contributed by atoms with E-state index in [0.29, 0.717) is 17.6 Å². The van der Waals surface area contributed by atoms with Crippen molar-refractivity contribution in [1.82, 2.24) is 14.8 Å². The maximum atomic E-state index is 13.2. The molecule has 0 spiro atoms. The summed E-state index contributed by atoms with van der Waals surface area (Å²) in [4.78, 5) is 19.5. The molecule has 0 unspecified atom stereocenters. The highest BCUT2D eigenvalue weighted by atomic mass is 19.1. The summed E-state index contributed by atoms with van der Waals surface area (Å²) in [5, 5.41) is 0.854. The van der Waals surface area contributed by atoms with Crippen molar-refractivity contribution in [3.8, 4) is 0 Å². The predicted octanol–water partition coefficient (Wildman–Crippen LogP) is 1.82. The van der Waals surface area contributed by atoms with Gasteiger partial charge in [0.1, 0.15) is 5.82 Å². The average molecular weight is 333 g/mol. The number of ether oxygens (including phenoxy) is 1. The van der Waals surface area contributed by atoms with Gasteiger partial charge in [0.2, 0.25) is 0 Å². The highest BCUT2D eigenvalue weighted by Gasteiger charge is 2.11. The summed E-state index contributed by atoms with van der Waals surface area (Å²) in [6.45, 7) is 6.23. The van der Waals surface area contributed by atoms with Crippen LogP contribution < -0.4 is 5.56 Å². The zero-order chi connectivity index (χ0) is 16.9.